The van der Waals surface area contributed by atoms with E-state index in [0.717, 1.165) is 0 Å². The average molecular weight is 210 g/mol. The van der Waals surface area contributed by atoms with Crippen LogP contribution in [0.4, 0.5) is 0 Å². The molecule has 82 valence electrons. The molecule has 0 aliphatic heterocycles. The smallest absolute Gasteiger partial charge is 0.0686 e. The Bertz CT molecular complexity index is 172. The molecule has 0 atom stereocenters. The van der Waals surface area contributed by atoms with Crippen molar-refractivity contribution in [3.63, 3.8) is 0 Å². The third kappa shape index (κ3) is 11.7. The number of hydrogen-bond acceptors (Lipinski definition) is 0. The fourth-order valence-electron chi connectivity index (χ4n) is 1.21. The molecule has 0 rings (SSSR count). The van der Waals surface area contributed by atoms with Gasteiger partial charge in [-0.2, -0.15) is 0 Å². The lowest BCUT2D eigenvalue weighted by molar-refractivity contribution is 0.674. The zero-order valence-electron chi connectivity index (χ0n) is 10.3. The zero-order valence-corrected chi connectivity index (χ0v) is 11.3. The van der Waals surface area contributed by atoms with Crippen molar-refractivity contribution < 1.29 is 0 Å². The van der Waals surface area contributed by atoms with Gasteiger partial charge in [0.15, 0.2) is 0 Å². The lowest BCUT2D eigenvalue weighted by Gasteiger charge is -2.06. The first-order valence-electron chi connectivity index (χ1n) is 5.90. The zero-order chi connectivity index (χ0) is 10.9. The first-order chi connectivity index (χ1) is 6.56. The van der Waals surface area contributed by atoms with Crippen molar-refractivity contribution in [1.29, 1.82) is 0 Å². The van der Waals surface area contributed by atoms with Gasteiger partial charge in [0, 0.05) is 0 Å². The van der Waals surface area contributed by atoms with Gasteiger partial charge in [-0.1, -0.05) is 69.8 Å². The third-order valence-corrected chi connectivity index (χ3v) is 3.26. The van der Waals surface area contributed by atoms with Crippen molar-refractivity contribution in [2.45, 2.75) is 58.7 Å². The highest BCUT2D eigenvalue weighted by Crippen LogP contribution is 2.04. The highest BCUT2D eigenvalue weighted by atomic mass is 28.3. The van der Waals surface area contributed by atoms with E-state index in [1.165, 1.54) is 32.1 Å². The van der Waals surface area contributed by atoms with Crippen LogP contribution in [-0.2, 0) is 0 Å². The summed E-state index contributed by atoms with van der Waals surface area (Å²) < 4.78 is 0. The van der Waals surface area contributed by atoms with Crippen LogP contribution >= 0.6 is 0 Å². The van der Waals surface area contributed by atoms with E-state index in [2.05, 4.69) is 50.5 Å². The second-order valence-corrected chi connectivity index (χ2v) is 10.1. The Balaban J connectivity index is 3.41. The molecule has 0 aromatic heterocycles. The molecular weight excluding hydrogens is 184 g/mol. The molecule has 0 N–H and O–H groups in total. The van der Waals surface area contributed by atoms with E-state index >= 15 is 0 Å². The van der Waals surface area contributed by atoms with Crippen LogP contribution in [0.25, 0.3) is 0 Å². The average Bonchev–Trinajstić information content (AvgIpc) is 2.08. The van der Waals surface area contributed by atoms with Crippen LogP contribution in [0.3, 0.4) is 0 Å². The summed E-state index contributed by atoms with van der Waals surface area (Å²) in [5, 5.41) is 0. The predicted molar refractivity (Wildman–Crippen MR) is 70.4 cm³/mol. The first-order valence-corrected chi connectivity index (χ1v) is 9.48. The number of rotatable bonds is 7. The molecular formula is C13H26Si. The normalized spacial score (nSPS) is 13.1. The molecule has 0 radical (unpaired) electrons. The Morgan fingerprint density at radius 3 is 2.21 bits per heavy atom. The summed E-state index contributed by atoms with van der Waals surface area (Å²) in [5.41, 5.74) is 2.38. The minimum absolute atomic E-state index is 0.970. The van der Waals surface area contributed by atoms with E-state index in [1.54, 1.807) is 0 Å². The van der Waals surface area contributed by atoms with Crippen LogP contribution in [0.2, 0.25) is 19.6 Å². The molecule has 0 aliphatic rings. The Kier molecular flexibility index (Phi) is 7.87. The monoisotopic (exact) mass is 210 g/mol. The molecule has 0 saturated carbocycles. The maximum absolute atomic E-state index is 2.38. The van der Waals surface area contributed by atoms with Crippen LogP contribution < -0.4 is 0 Å². The molecule has 1 heteroatoms. The molecule has 14 heavy (non-hydrogen) atoms. The Labute approximate surface area is 91.1 Å². The highest BCUT2D eigenvalue weighted by Gasteiger charge is 2.05. The van der Waals surface area contributed by atoms with Crippen LogP contribution in [0, 0.1) is 0 Å². The molecule has 0 heterocycles. The molecule has 0 aromatic rings. The van der Waals surface area contributed by atoms with Crippen molar-refractivity contribution in [3.8, 4) is 0 Å². The lowest BCUT2D eigenvalue weighted by Crippen LogP contribution is -2.14. The minimum atomic E-state index is -0.970. The first kappa shape index (κ1) is 13.7. The molecule has 0 saturated heterocycles. The second kappa shape index (κ2) is 8.04. The van der Waals surface area contributed by atoms with E-state index in [0.29, 0.717) is 0 Å². The van der Waals surface area contributed by atoms with Crippen molar-refractivity contribution in [2.75, 3.05) is 0 Å². The van der Waals surface area contributed by atoms with E-state index in [-0.39, 0.29) is 0 Å². The topological polar surface area (TPSA) is 0 Å². The van der Waals surface area contributed by atoms with Crippen molar-refractivity contribution >= 4 is 8.07 Å². The quantitative estimate of drug-likeness (QED) is 0.317. The van der Waals surface area contributed by atoms with Gasteiger partial charge in [-0.3, -0.25) is 0 Å². The van der Waals surface area contributed by atoms with Gasteiger partial charge in [-0.25, -0.2) is 0 Å². The fraction of sp³-hybridized carbons (Fsp3) is 0.692. The van der Waals surface area contributed by atoms with E-state index in [9.17, 15) is 0 Å². The van der Waals surface area contributed by atoms with Gasteiger partial charge < -0.3 is 0 Å². The van der Waals surface area contributed by atoms with Crippen molar-refractivity contribution in [1.82, 2.24) is 0 Å². The summed E-state index contributed by atoms with van der Waals surface area (Å²) in [6.45, 7) is 9.34. The molecule has 0 aliphatic carbocycles. The molecule has 0 spiro atoms. The highest BCUT2D eigenvalue weighted by molar-refractivity contribution is 6.80. The summed E-state index contributed by atoms with van der Waals surface area (Å²) in [5.74, 6) is 0. The van der Waals surface area contributed by atoms with Gasteiger partial charge in [0.1, 0.15) is 0 Å². The molecule has 0 nitrogen and oxygen atoms in total. The lowest BCUT2D eigenvalue weighted by atomic mass is 10.1. The summed E-state index contributed by atoms with van der Waals surface area (Å²) in [4.78, 5) is 0. The largest absolute Gasteiger partial charge is 0.0950 e. The van der Waals surface area contributed by atoms with Crippen molar-refractivity contribution in [2.24, 2.45) is 0 Å². The number of unbranched alkanes of at least 4 members (excludes halogenated alkanes) is 4. The number of hydrogen-bond donors (Lipinski definition) is 0. The van der Waals surface area contributed by atoms with Crippen LogP contribution in [-0.4, -0.2) is 8.07 Å². The Morgan fingerprint density at radius 2 is 1.64 bits per heavy atom. The van der Waals surface area contributed by atoms with Gasteiger partial charge >= 0.3 is 0 Å². The predicted octanol–water partition coefficient (Wildman–Crippen LogP) is 4.95. The van der Waals surface area contributed by atoms with Gasteiger partial charge in [0.25, 0.3) is 0 Å². The SMILES string of the molecule is CCCCCC/C=C/C=C\[Si](C)(C)C. The van der Waals surface area contributed by atoms with Gasteiger partial charge in [0.2, 0.25) is 0 Å². The van der Waals surface area contributed by atoms with Gasteiger partial charge in [0.05, 0.1) is 8.07 Å². The minimum Gasteiger partial charge on any atom is -0.0950 e. The summed E-state index contributed by atoms with van der Waals surface area (Å²) >= 11 is 0. The van der Waals surface area contributed by atoms with Crippen molar-refractivity contribution in [3.05, 3.63) is 23.9 Å². The standard InChI is InChI=1S/C13H26Si/c1-5-6-7-8-9-10-11-12-13-14(2,3)4/h10-13H,5-9H2,1-4H3/b11-10+,13-12-. The number of allylic oxidation sites excluding steroid dienone is 3. The summed E-state index contributed by atoms with van der Waals surface area (Å²) in [6, 6.07) is 0. The molecule has 0 aromatic carbocycles. The third-order valence-electron chi connectivity index (χ3n) is 2.07. The van der Waals surface area contributed by atoms with E-state index in [1.807, 2.05) is 0 Å². The molecule has 0 amide bonds. The Hall–Kier alpha value is -0.303. The van der Waals surface area contributed by atoms with Crippen LogP contribution in [0.5, 0.6) is 0 Å². The fourth-order valence-corrected chi connectivity index (χ4v) is 1.90. The maximum atomic E-state index is 2.38. The molecule has 0 bridgehead atoms. The van der Waals surface area contributed by atoms with Crippen LogP contribution in [0.15, 0.2) is 23.9 Å². The molecule has 0 unspecified atom stereocenters. The second-order valence-electron chi connectivity index (χ2n) is 5.00. The van der Waals surface area contributed by atoms with Gasteiger partial charge in [-0.15, -0.1) is 0 Å². The molecule has 0 fully saturated rings. The Morgan fingerprint density at radius 1 is 0.929 bits per heavy atom. The summed E-state index contributed by atoms with van der Waals surface area (Å²) in [6.07, 6.45) is 13.4. The van der Waals surface area contributed by atoms with E-state index < -0.39 is 8.07 Å². The van der Waals surface area contributed by atoms with E-state index in [4.69, 9.17) is 0 Å². The van der Waals surface area contributed by atoms with Crippen LogP contribution in [0.1, 0.15) is 39.0 Å². The van der Waals surface area contributed by atoms with Gasteiger partial charge in [-0.05, 0) is 12.8 Å². The summed E-state index contributed by atoms with van der Waals surface area (Å²) in [7, 11) is -0.970. The maximum Gasteiger partial charge on any atom is 0.0686 e.